The van der Waals surface area contributed by atoms with E-state index in [9.17, 15) is 9.90 Å². The van der Waals surface area contributed by atoms with Gasteiger partial charge < -0.3 is 21.1 Å². The van der Waals surface area contributed by atoms with Crippen LogP contribution in [0, 0.1) is 17.8 Å². The Kier molecular flexibility index (Phi) is 6.94. The molecule has 31 heavy (non-hydrogen) atoms. The van der Waals surface area contributed by atoms with E-state index < -0.39 is 5.60 Å². The maximum atomic E-state index is 13.3. The topological polar surface area (TPSA) is 104 Å². The molecule has 0 aliphatic carbocycles. The van der Waals surface area contributed by atoms with Gasteiger partial charge in [-0.1, -0.05) is 25.7 Å². The number of carbonyl (C=O) groups is 1. The van der Waals surface area contributed by atoms with Crippen molar-refractivity contribution in [3.05, 3.63) is 47.3 Å². The Balaban J connectivity index is 0. The number of nitrogens with two attached hydrogens (primary N) is 1. The molecule has 172 valence electrons. The van der Waals surface area contributed by atoms with Gasteiger partial charge in [0.05, 0.1) is 11.1 Å². The molecule has 2 aromatic rings. The molecule has 0 bridgehead atoms. The molecule has 0 saturated carbocycles. The normalized spacial score (nSPS) is 16.7. The lowest BCUT2D eigenvalue weighted by atomic mass is 10.0. The standard InChI is InChI=1S/C24H31N5O2.4H2/c1-16(2)14-18-15-29(13-12-26-18)20-8-7-17(9-10-24(3,4)31)21(28-20)22(30)19-6-5-11-27-23(19)25;;;;/h5-8,11,16,18,26,31H,12-15H2,1-4H3,(H2,25,27);4*1H/t18-;;;;/m0..../s1. The molecule has 1 saturated heterocycles. The lowest BCUT2D eigenvalue weighted by Crippen LogP contribution is -2.51. The van der Waals surface area contributed by atoms with E-state index >= 15 is 0 Å². The molecule has 0 amide bonds. The maximum Gasteiger partial charge on any atom is 0.216 e. The van der Waals surface area contributed by atoms with Crippen LogP contribution in [-0.4, -0.2) is 52.1 Å². The molecule has 1 atom stereocenters. The number of carbonyl (C=O) groups excluding carboxylic acids is 1. The molecule has 0 spiro atoms. The number of nitrogens with one attached hydrogen (secondary N) is 1. The van der Waals surface area contributed by atoms with Crippen LogP contribution in [0.4, 0.5) is 11.6 Å². The molecule has 1 fully saturated rings. The highest BCUT2D eigenvalue weighted by molar-refractivity contribution is 6.11. The highest BCUT2D eigenvalue weighted by Crippen LogP contribution is 2.22. The summed E-state index contributed by atoms with van der Waals surface area (Å²) in [6, 6.07) is 7.35. The smallest absolute Gasteiger partial charge is 0.216 e. The fourth-order valence-electron chi connectivity index (χ4n) is 3.62. The first-order valence-electron chi connectivity index (χ1n) is 10.6. The summed E-state index contributed by atoms with van der Waals surface area (Å²) >= 11 is 0. The van der Waals surface area contributed by atoms with Crippen molar-refractivity contribution in [1.29, 1.82) is 0 Å². The van der Waals surface area contributed by atoms with Crippen molar-refractivity contribution in [2.24, 2.45) is 5.92 Å². The number of hydrogen-bond acceptors (Lipinski definition) is 7. The zero-order valence-corrected chi connectivity index (χ0v) is 18.6. The number of nitrogens with zero attached hydrogens (tertiary/aromatic N) is 3. The summed E-state index contributed by atoms with van der Waals surface area (Å²) in [6.45, 7) is 10.1. The minimum Gasteiger partial charge on any atom is -0.383 e. The predicted octanol–water partition coefficient (Wildman–Crippen LogP) is 3.22. The number of anilines is 2. The second-order valence-electron chi connectivity index (χ2n) is 8.87. The van der Waals surface area contributed by atoms with E-state index in [0.29, 0.717) is 17.5 Å². The van der Waals surface area contributed by atoms with Crippen LogP contribution in [-0.2, 0) is 0 Å². The number of aliphatic hydroxyl groups is 1. The van der Waals surface area contributed by atoms with E-state index in [1.165, 1.54) is 0 Å². The zero-order valence-electron chi connectivity index (χ0n) is 18.6. The molecule has 1 aliphatic heterocycles. The number of aromatic nitrogens is 2. The Hall–Kier alpha value is -2.95. The van der Waals surface area contributed by atoms with Crippen LogP contribution in [0.25, 0.3) is 0 Å². The van der Waals surface area contributed by atoms with Crippen molar-refractivity contribution in [3.63, 3.8) is 0 Å². The van der Waals surface area contributed by atoms with Crippen molar-refractivity contribution >= 4 is 17.4 Å². The van der Waals surface area contributed by atoms with E-state index in [-0.39, 0.29) is 28.6 Å². The van der Waals surface area contributed by atoms with Crippen molar-refractivity contribution in [2.75, 3.05) is 30.3 Å². The van der Waals surface area contributed by atoms with Gasteiger partial charge in [0.1, 0.15) is 22.9 Å². The molecule has 7 heteroatoms. The zero-order chi connectivity index (χ0) is 22.6. The van der Waals surface area contributed by atoms with Gasteiger partial charge in [-0.15, -0.1) is 0 Å². The molecule has 0 aromatic carbocycles. The third-order valence-electron chi connectivity index (χ3n) is 5.02. The van der Waals surface area contributed by atoms with Gasteiger partial charge in [0.25, 0.3) is 0 Å². The Morgan fingerprint density at radius 3 is 2.87 bits per heavy atom. The fraction of sp³-hybridized carbons (Fsp3) is 0.458. The van der Waals surface area contributed by atoms with Crippen LogP contribution in [0.5, 0.6) is 0 Å². The number of pyridine rings is 2. The lowest BCUT2D eigenvalue weighted by molar-refractivity contribution is 0.103. The van der Waals surface area contributed by atoms with Crippen molar-refractivity contribution in [1.82, 2.24) is 15.3 Å². The van der Waals surface area contributed by atoms with E-state index in [4.69, 9.17) is 10.7 Å². The average Bonchev–Trinajstić information content (AvgIpc) is 2.71. The van der Waals surface area contributed by atoms with Crippen molar-refractivity contribution in [2.45, 2.75) is 45.8 Å². The molecule has 0 radical (unpaired) electrons. The Morgan fingerprint density at radius 2 is 2.19 bits per heavy atom. The summed E-state index contributed by atoms with van der Waals surface area (Å²) in [6.07, 6.45) is 2.62. The van der Waals surface area contributed by atoms with Crippen LogP contribution in [0.3, 0.4) is 0 Å². The van der Waals surface area contributed by atoms with Crippen LogP contribution in [0.15, 0.2) is 30.5 Å². The molecular formula is C24H39N5O2. The average molecular weight is 430 g/mol. The van der Waals surface area contributed by atoms with E-state index in [1.54, 1.807) is 38.2 Å². The molecule has 3 heterocycles. The van der Waals surface area contributed by atoms with Gasteiger partial charge in [0, 0.05) is 37.6 Å². The largest absolute Gasteiger partial charge is 0.383 e. The third-order valence-corrected chi connectivity index (χ3v) is 5.02. The first-order valence-corrected chi connectivity index (χ1v) is 10.6. The Labute approximate surface area is 190 Å². The van der Waals surface area contributed by atoms with E-state index in [2.05, 4.69) is 40.9 Å². The summed E-state index contributed by atoms with van der Waals surface area (Å²) in [7, 11) is 0. The van der Waals surface area contributed by atoms with E-state index in [0.717, 1.165) is 31.9 Å². The lowest BCUT2D eigenvalue weighted by Gasteiger charge is -2.35. The SMILES string of the molecule is CC(C)C[C@H]1CN(c2ccc(C#CC(C)(C)O)c(C(=O)c3cccnc3N)n2)CCN1.[HH].[HH].[HH].[HH]. The first kappa shape index (κ1) is 22.7. The number of ketones is 1. The predicted molar refractivity (Wildman–Crippen MR) is 131 cm³/mol. The minimum absolute atomic E-state index is 0. The summed E-state index contributed by atoms with van der Waals surface area (Å²) in [5.74, 6) is 6.83. The molecule has 1 aliphatic rings. The van der Waals surface area contributed by atoms with Crippen LogP contribution >= 0.6 is 0 Å². The van der Waals surface area contributed by atoms with Crippen molar-refractivity contribution in [3.8, 4) is 11.8 Å². The highest BCUT2D eigenvalue weighted by atomic mass is 16.3. The second-order valence-corrected chi connectivity index (χ2v) is 8.87. The van der Waals surface area contributed by atoms with Gasteiger partial charge in [-0.2, -0.15) is 0 Å². The van der Waals surface area contributed by atoms with Crippen LogP contribution in [0.1, 0.15) is 61.4 Å². The number of piperazine rings is 1. The molecule has 3 rings (SSSR count). The molecule has 4 N–H and O–H groups in total. The van der Waals surface area contributed by atoms with Gasteiger partial charge in [0.2, 0.25) is 5.78 Å². The summed E-state index contributed by atoms with van der Waals surface area (Å²) in [5, 5.41) is 13.6. The summed E-state index contributed by atoms with van der Waals surface area (Å²) < 4.78 is 0. The van der Waals surface area contributed by atoms with Crippen LogP contribution in [0.2, 0.25) is 0 Å². The first-order chi connectivity index (χ1) is 14.6. The third kappa shape index (κ3) is 6.03. The van der Waals surface area contributed by atoms with Gasteiger partial charge in [-0.3, -0.25) is 4.79 Å². The summed E-state index contributed by atoms with van der Waals surface area (Å²) in [5.41, 5.74) is 5.71. The highest BCUT2D eigenvalue weighted by Gasteiger charge is 2.24. The number of hydrogen-bond donors (Lipinski definition) is 3. The van der Waals surface area contributed by atoms with Crippen molar-refractivity contribution < 1.29 is 15.6 Å². The minimum atomic E-state index is -1.19. The van der Waals surface area contributed by atoms with Gasteiger partial charge in [0.15, 0.2) is 0 Å². The monoisotopic (exact) mass is 429 g/mol. The maximum absolute atomic E-state index is 13.3. The molecule has 2 aromatic heterocycles. The Bertz CT molecular complexity index is 1020. The van der Waals surface area contributed by atoms with Crippen LogP contribution < -0.4 is 16.0 Å². The van der Waals surface area contributed by atoms with Gasteiger partial charge in [-0.05, 0) is 50.5 Å². The van der Waals surface area contributed by atoms with Gasteiger partial charge >= 0.3 is 0 Å². The quantitative estimate of drug-likeness (QED) is 0.495. The number of nitrogen functional groups attached to an aromatic ring is 1. The summed E-state index contributed by atoms with van der Waals surface area (Å²) in [4.78, 5) is 24.2. The Morgan fingerprint density at radius 1 is 1.42 bits per heavy atom. The number of rotatable bonds is 5. The molecule has 7 nitrogen and oxygen atoms in total. The second kappa shape index (κ2) is 9.46. The fourth-order valence-corrected chi connectivity index (χ4v) is 3.62. The molecule has 0 unspecified atom stereocenters. The van der Waals surface area contributed by atoms with E-state index in [1.807, 2.05) is 6.07 Å². The van der Waals surface area contributed by atoms with Gasteiger partial charge in [-0.25, -0.2) is 9.97 Å². The molecular weight excluding hydrogens is 390 g/mol.